The Bertz CT molecular complexity index is 647. The number of esters is 1. The van der Waals surface area contributed by atoms with Gasteiger partial charge in [-0.05, 0) is 57.3 Å². The van der Waals surface area contributed by atoms with Crippen LogP contribution in [0.2, 0.25) is 0 Å². The molecule has 0 aromatic carbocycles. The highest BCUT2D eigenvalue weighted by Crippen LogP contribution is 2.75. The molecule has 5 heteroatoms. The molecule has 1 saturated carbocycles. The van der Waals surface area contributed by atoms with Gasteiger partial charge in [0, 0.05) is 11.8 Å². The fourth-order valence-corrected chi connectivity index (χ4v) is 6.40. The van der Waals surface area contributed by atoms with Crippen LogP contribution in [0.4, 0.5) is 0 Å². The van der Waals surface area contributed by atoms with Crippen LogP contribution in [0.25, 0.3) is 0 Å². The van der Waals surface area contributed by atoms with E-state index in [2.05, 4.69) is 34.6 Å². The molecular formula is C21H34O5. The van der Waals surface area contributed by atoms with Crippen LogP contribution in [0.3, 0.4) is 0 Å². The molecule has 0 aromatic heterocycles. The zero-order chi connectivity index (χ0) is 19.8. The number of aliphatic hydroxyl groups excluding tert-OH is 2. The van der Waals surface area contributed by atoms with Gasteiger partial charge in [-0.3, -0.25) is 4.79 Å². The first kappa shape index (κ1) is 19.8. The standard InChI is InChI=1S/C21H34O5/c1-10-11(2)21(8)12(3)20(10,7)15-13(9-14(22)26-19(4,5)6)17(23)25-18(24)16(15)21/h12-13,15-18,23-24H,9H2,1-8H3/t12-,13-,15-,16-,17?,18?,20-,21-/m0/s1. The van der Waals surface area contributed by atoms with Crippen LogP contribution >= 0.6 is 0 Å². The van der Waals surface area contributed by atoms with Gasteiger partial charge >= 0.3 is 5.97 Å². The lowest BCUT2D eigenvalue weighted by molar-refractivity contribution is -0.306. The Hall–Kier alpha value is -0.910. The van der Waals surface area contributed by atoms with Crippen LogP contribution in [0.5, 0.6) is 0 Å². The minimum absolute atomic E-state index is 0.0301. The Kier molecular flexibility index (Phi) is 4.42. The number of rotatable bonds is 2. The lowest BCUT2D eigenvalue weighted by atomic mass is 9.59. The molecule has 2 N–H and O–H groups in total. The fraction of sp³-hybridized carbons (Fsp3) is 0.857. The van der Waals surface area contributed by atoms with Gasteiger partial charge in [0.05, 0.1) is 6.42 Å². The molecule has 0 spiro atoms. The minimum atomic E-state index is -1.17. The predicted molar refractivity (Wildman–Crippen MR) is 97.8 cm³/mol. The molecule has 2 unspecified atom stereocenters. The largest absolute Gasteiger partial charge is 0.460 e. The number of hydrogen-bond acceptors (Lipinski definition) is 5. The van der Waals surface area contributed by atoms with Crippen molar-refractivity contribution in [3.8, 4) is 0 Å². The van der Waals surface area contributed by atoms with Crippen molar-refractivity contribution in [2.24, 2.45) is 34.5 Å². The highest BCUT2D eigenvalue weighted by atomic mass is 16.7. The minimum Gasteiger partial charge on any atom is -0.460 e. The first-order valence-electron chi connectivity index (χ1n) is 9.68. The summed E-state index contributed by atoms with van der Waals surface area (Å²) < 4.78 is 11.0. The molecule has 1 heterocycles. The Balaban J connectivity index is 2.00. The van der Waals surface area contributed by atoms with Gasteiger partial charge in [0.2, 0.25) is 0 Å². The maximum Gasteiger partial charge on any atom is 0.306 e. The van der Waals surface area contributed by atoms with Gasteiger partial charge in [0.1, 0.15) is 5.60 Å². The van der Waals surface area contributed by atoms with E-state index in [0.717, 1.165) is 0 Å². The molecule has 8 atom stereocenters. The highest BCUT2D eigenvalue weighted by molar-refractivity contribution is 5.70. The zero-order valence-electron chi connectivity index (χ0n) is 17.3. The van der Waals surface area contributed by atoms with Crippen molar-refractivity contribution in [3.05, 3.63) is 11.1 Å². The summed E-state index contributed by atoms with van der Waals surface area (Å²) in [6.45, 7) is 16.5. The summed E-state index contributed by atoms with van der Waals surface area (Å²) in [6, 6.07) is 0. The van der Waals surface area contributed by atoms with E-state index >= 15 is 0 Å². The van der Waals surface area contributed by atoms with Gasteiger partial charge in [-0.1, -0.05) is 31.9 Å². The molecule has 0 aromatic rings. The summed E-state index contributed by atoms with van der Waals surface area (Å²) >= 11 is 0. The summed E-state index contributed by atoms with van der Waals surface area (Å²) in [4.78, 5) is 12.5. The van der Waals surface area contributed by atoms with Crippen molar-refractivity contribution < 1.29 is 24.5 Å². The van der Waals surface area contributed by atoms with Crippen molar-refractivity contribution in [3.63, 3.8) is 0 Å². The predicted octanol–water partition coefficient (Wildman–Crippen LogP) is 3.25. The van der Waals surface area contributed by atoms with Gasteiger partial charge in [-0.15, -0.1) is 0 Å². The van der Waals surface area contributed by atoms with Crippen LogP contribution in [0, 0.1) is 34.5 Å². The normalized spacial score (nSPS) is 47.9. The first-order valence-corrected chi connectivity index (χ1v) is 9.68. The number of allylic oxidation sites excluding steroid dienone is 2. The number of carbonyl (C=O) groups is 1. The smallest absolute Gasteiger partial charge is 0.306 e. The second kappa shape index (κ2) is 5.79. The fourth-order valence-electron chi connectivity index (χ4n) is 6.40. The van der Waals surface area contributed by atoms with Gasteiger partial charge < -0.3 is 19.7 Å². The van der Waals surface area contributed by atoms with Gasteiger partial charge in [-0.25, -0.2) is 0 Å². The molecule has 5 nitrogen and oxygen atoms in total. The third-order valence-electron chi connectivity index (χ3n) is 7.99. The summed E-state index contributed by atoms with van der Waals surface area (Å²) in [6.07, 6.45) is -2.10. The average molecular weight is 366 g/mol. The van der Waals surface area contributed by atoms with E-state index < -0.39 is 24.1 Å². The molecule has 3 aliphatic rings. The maximum absolute atomic E-state index is 12.5. The number of ether oxygens (including phenoxy) is 2. The maximum atomic E-state index is 12.5. The number of hydrogen-bond donors (Lipinski definition) is 2. The van der Waals surface area contributed by atoms with E-state index in [1.807, 2.05) is 20.8 Å². The van der Waals surface area contributed by atoms with Crippen molar-refractivity contribution in [1.29, 1.82) is 0 Å². The zero-order valence-corrected chi connectivity index (χ0v) is 17.3. The van der Waals surface area contributed by atoms with Crippen molar-refractivity contribution >= 4 is 5.97 Å². The third kappa shape index (κ3) is 2.43. The Labute approximate surface area is 156 Å². The first-order chi connectivity index (χ1) is 11.8. The quantitative estimate of drug-likeness (QED) is 0.580. The van der Waals surface area contributed by atoms with Crippen LogP contribution in [-0.4, -0.2) is 34.4 Å². The van der Waals surface area contributed by atoms with E-state index in [-0.39, 0.29) is 35.1 Å². The second-order valence-corrected chi connectivity index (χ2v) is 9.96. The van der Waals surface area contributed by atoms with Crippen LogP contribution < -0.4 is 0 Å². The molecule has 1 saturated heterocycles. The van der Waals surface area contributed by atoms with Gasteiger partial charge in [-0.2, -0.15) is 0 Å². The Morgan fingerprint density at radius 1 is 1.08 bits per heavy atom. The number of carbonyl (C=O) groups excluding carboxylic acids is 1. The lowest BCUT2D eigenvalue weighted by Crippen LogP contribution is -2.54. The van der Waals surface area contributed by atoms with E-state index in [0.29, 0.717) is 5.92 Å². The van der Waals surface area contributed by atoms with E-state index in [1.54, 1.807) is 0 Å². The summed E-state index contributed by atoms with van der Waals surface area (Å²) in [5, 5.41) is 21.3. The molecule has 0 amide bonds. The van der Waals surface area contributed by atoms with Crippen molar-refractivity contribution in [1.82, 2.24) is 0 Å². The van der Waals surface area contributed by atoms with Crippen molar-refractivity contribution in [2.75, 3.05) is 0 Å². The van der Waals surface area contributed by atoms with E-state index in [4.69, 9.17) is 9.47 Å². The Morgan fingerprint density at radius 2 is 1.58 bits per heavy atom. The van der Waals surface area contributed by atoms with Crippen LogP contribution in [0.1, 0.15) is 61.8 Å². The number of fused-ring (bicyclic) bond motifs is 5. The monoisotopic (exact) mass is 366 g/mol. The topological polar surface area (TPSA) is 76.0 Å². The van der Waals surface area contributed by atoms with Gasteiger partial charge in [0.25, 0.3) is 0 Å². The van der Waals surface area contributed by atoms with E-state index in [9.17, 15) is 15.0 Å². The Morgan fingerprint density at radius 3 is 2.08 bits per heavy atom. The summed E-state index contributed by atoms with van der Waals surface area (Å²) in [7, 11) is 0. The molecule has 1 aliphatic heterocycles. The lowest BCUT2D eigenvalue weighted by Gasteiger charge is -2.51. The molecule has 0 radical (unpaired) electrons. The van der Waals surface area contributed by atoms with Crippen LogP contribution in [0.15, 0.2) is 11.1 Å². The summed E-state index contributed by atoms with van der Waals surface area (Å²) in [5.41, 5.74) is 1.69. The number of aliphatic hydroxyl groups is 2. The molecule has 148 valence electrons. The van der Waals surface area contributed by atoms with Crippen LogP contribution in [-0.2, 0) is 14.3 Å². The van der Waals surface area contributed by atoms with E-state index in [1.165, 1.54) is 11.1 Å². The molecule has 3 rings (SSSR count). The molecule has 2 aliphatic carbocycles. The molecule has 26 heavy (non-hydrogen) atoms. The van der Waals surface area contributed by atoms with Gasteiger partial charge in [0.15, 0.2) is 12.6 Å². The molecule has 2 bridgehead atoms. The second-order valence-electron chi connectivity index (χ2n) is 9.96. The summed E-state index contributed by atoms with van der Waals surface area (Å²) in [5.74, 6) is -0.590. The molecule has 2 fully saturated rings. The van der Waals surface area contributed by atoms with Crippen molar-refractivity contribution in [2.45, 2.75) is 80.0 Å². The highest BCUT2D eigenvalue weighted by Gasteiger charge is 2.72. The molecular weight excluding hydrogens is 332 g/mol. The third-order valence-corrected chi connectivity index (χ3v) is 7.99. The average Bonchev–Trinajstić information content (AvgIpc) is 2.75. The SMILES string of the molecule is CC1=C(C)[C@]2(C)[C@H]3[C@H](CC(=O)OC(C)(C)C)C(O)OC(O)[C@H]3[C@]1(C)[C@H]2C.